The molecule has 0 N–H and O–H groups in total. The molecule has 2 aliphatic rings. The highest BCUT2D eigenvalue weighted by molar-refractivity contribution is 7.10. The molecular formula is C29H31ClN2O4S. The maximum absolute atomic E-state index is 13.9. The summed E-state index contributed by atoms with van der Waals surface area (Å²) in [5.74, 6) is 1.22. The van der Waals surface area contributed by atoms with Crippen LogP contribution in [0.4, 0.5) is 0 Å². The van der Waals surface area contributed by atoms with Gasteiger partial charge in [-0.25, -0.2) is 0 Å². The number of hydrogen-bond donors (Lipinski definition) is 0. The van der Waals surface area contributed by atoms with E-state index in [1.807, 2.05) is 28.5 Å². The van der Waals surface area contributed by atoms with E-state index in [-0.39, 0.29) is 31.2 Å². The minimum absolute atomic E-state index is 0.0428. The minimum Gasteiger partial charge on any atom is -0.454 e. The monoisotopic (exact) mass is 538 g/mol. The van der Waals surface area contributed by atoms with E-state index in [1.165, 1.54) is 6.42 Å². The van der Waals surface area contributed by atoms with Crippen molar-refractivity contribution >= 4 is 34.8 Å². The molecule has 1 fully saturated rings. The van der Waals surface area contributed by atoms with Gasteiger partial charge in [-0.05, 0) is 78.7 Å². The summed E-state index contributed by atoms with van der Waals surface area (Å²) >= 11 is 7.71. The average molecular weight is 539 g/mol. The van der Waals surface area contributed by atoms with Crippen LogP contribution in [0.25, 0.3) is 0 Å². The van der Waals surface area contributed by atoms with Crippen LogP contribution in [0, 0.1) is 6.92 Å². The van der Waals surface area contributed by atoms with Crippen LogP contribution in [0.15, 0.2) is 53.9 Å². The zero-order chi connectivity index (χ0) is 25.8. The van der Waals surface area contributed by atoms with Crippen LogP contribution in [-0.4, -0.2) is 41.0 Å². The van der Waals surface area contributed by atoms with Crippen molar-refractivity contribution in [2.24, 2.45) is 0 Å². The van der Waals surface area contributed by atoms with Crippen LogP contribution in [0.1, 0.15) is 58.5 Å². The Balaban J connectivity index is 1.40. The summed E-state index contributed by atoms with van der Waals surface area (Å²) in [5.41, 5.74) is 2.68. The predicted octanol–water partition coefficient (Wildman–Crippen LogP) is 6.44. The Morgan fingerprint density at radius 1 is 0.973 bits per heavy atom. The van der Waals surface area contributed by atoms with Crippen molar-refractivity contribution in [1.29, 1.82) is 0 Å². The van der Waals surface area contributed by atoms with E-state index in [0.717, 1.165) is 41.7 Å². The number of carbonyl (C=O) groups excluding carboxylic acids is 2. The van der Waals surface area contributed by atoms with E-state index in [4.69, 9.17) is 21.1 Å². The van der Waals surface area contributed by atoms with Gasteiger partial charge in [0.2, 0.25) is 12.7 Å². The van der Waals surface area contributed by atoms with Gasteiger partial charge in [-0.1, -0.05) is 36.9 Å². The second kappa shape index (κ2) is 11.6. The molecule has 2 amide bonds. The molecule has 2 heterocycles. The highest BCUT2D eigenvalue weighted by Gasteiger charge is 2.30. The van der Waals surface area contributed by atoms with Gasteiger partial charge in [0.25, 0.3) is 5.91 Å². The summed E-state index contributed by atoms with van der Waals surface area (Å²) in [6, 6.07) is 14.8. The maximum Gasteiger partial charge on any atom is 0.254 e. The van der Waals surface area contributed by atoms with E-state index in [2.05, 4.69) is 13.0 Å². The molecule has 194 valence electrons. The van der Waals surface area contributed by atoms with E-state index in [0.29, 0.717) is 35.2 Å². The molecule has 0 unspecified atom stereocenters. The molecule has 3 aromatic rings. The third-order valence-electron chi connectivity index (χ3n) is 7.14. The number of ether oxygens (including phenoxy) is 2. The molecule has 0 bridgehead atoms. The first kappa shape index (κ1) is 25.6. The van der Waals surface area contributed by atoms with Crippen molar-refractivity contribution in [3.63, 3.8) is 0 Å². The van der Waals surface area contributed by atoms with Crippen molar-refractivity contribution in [3.05, 3.63) is 80.5 Å². The zero-order valence-corrected chi connectivity index (χ0v) is 22.5. The fraction of sp³-hybridized carbons (Fsp3) is 0.379. The molecule has 2 aromatic carbocycles. The fourth-order valence-corrected chi connectivity index (χ4v) is 6.04. The lowest BCUT2D eigenvalue weighted by molar-refractivity contribution is -0.133. The number of aryl methyl sites for hydroxylation is 1. The predicted molar refractivity (Wildman–Crippen MR) is 145 cm³/mol. The lowest BCUT2D eigenvalue weighted by atomic mass is 9.93. The SMILES string of the molecule is Cc1ccsc1CN(Cc1ccc2c(c1)OCO2)C(=O)CN(C(=O)c1ccc(Cl)cc1)C1CCCCC1. The first-order valence-electron chi connectivity index (χ1n) is 12.7. The normalized spacial score (nSPS) is 15.0. The Kier molecular flexibility index (Phi) is 8.01. The number of halogens is 1. The Hall–Kier alpha value is -3.03. The van der Waals surface area contributed by atoms with Crippen LogP contribution in [-0.2, 0) is 17.9 Å². The molecular weight excluding hydrogens is 508 g/mol. The quantitative estimate of drug-likeness (QED) is 0.331. The summed E-state index contributed by atoms with van der Waals surface area (Å²) in [4.78, 5) is 32.4. The second-order valence-electron chi connectivity index (χ2n) is 9.70. The van der Waals surface area contributed by atoms with E-state index >= 15 is 0 Å². The van der Waals surface area contributed by atoms with Crippen molar-refractivity contribution in [2.75, 3.05) is 13.3 Å². The van der Waals surface area contributed by atoms with Crippen LogP contribution < -0.4 is 9.47 Å². The fourth-order valence-electron chi connectivity index (χ4n) is 4.99. The highest BCUT2D eigenvalue weighted by Crippen LogP contribution is 2.33. The Labute approximate surface area is 226 Å². The number of thiophene rings is 1. The topological polar surface area (TPSA) is 59.1 Å². The number of nitrogens with zero attached hydrogens (tertiary/aromatic N) is 2. The van der Waals surface area contributed by atoms with E-state index in [1.54, 1.807) is 40.5 Å². The summed E-state index contributed by atoms with van der Waals surface area (Å²) in [7, 11) is 0. The molecule has 0 radical (unpaired) electrons. The molecule has 5 rings (SSSR count). The summed E-state index contributed by atoms with van der Waals surface area (Å²) in [6.07, 6.45) is 5.13. The van der Waals surface area contributed by atoms with E-state index in [9.17, 15) is 9.59 Å². The number of hydrogen-bond acceptors (Lipinski definition) is 5. The first-order chi connectivity index (χ1) is 18.0. The average Bonchev–Trinajstić information content (AvgIpc) is 3.55. The summed E-state index contributed by atoms with van der Waals surface area (Å²) < 4.78 is 11.0. The summed E-state index contributed by atoms with van der Waals surface area (Å²) in [6.45, 7) is 3.22. The van der Waals surface area contributed by atoms with Crippen LogP contribution in [0.3, 0.4) is 0 Å². The smallest absolute Gasteiger partial charge is 0.254 e. The zero-order valence-electron chi connectivity index (χ0n) is 21.0. The van der Waals surface area contributed by atoms with Crippen molar-refractivity contribution in [2.45, 2.75) is 58.2 Å². The van der Waals surface area contributed by atoms with Crippen molar-refractivity contribution in [1.82, 2.24) is 9.80 Å². The molecule has 0 saturated heterocycles. The molecule has 1 saturated carbocycles. The Morgan fingerprint density at radius 2 is 1.73 bits per heavy atom. The number of rotatable bonds is 8. The van der Waals surface area contributed by atoms with Gasteiger partial charge in [0.1, 0.15) is 6.54 Å². The summed E-state index contributed by atoms with van der Waals surface area (Å²) in [5, 5.41) is 2.63. The van der Waals surface area contributed by atoms with Crippen LogP contribution in [0.2, 0.25) is 5.02 Å². The molecule has 0 atom stereocenters. The van der Waals surface area contributed by atoms with Gasteiger partial charge < -0.3 is 19.3 Å². The van der Waals surface area contributed by atoms with Crippen LogP contribution in [0.5, 0.6) is 11.5 Å². The largest absolute Gasteiger partial charge is 0.454 e. The maximum atomic E-state index is 13.9. The van der Waals surface area contributed by atoms with Gasteiger partial charge in [-0.15, -0.1) is 11.3 Å². The third kappa shape index (κ3) is 6.11. The Morgan fingerprint density at radius 3 is 2.46 bits per heavy atom. The third-order valence-corrected chi connectivity index (χ3v) is 8.40. The van der Waals surface area contributed by atoms with E-state index < -0.39 is 0 Å². The van der Waals surface area contributed by atoms with Gasteiger partial charge in [0.15, 0.2) is 11.5 Å². The number of benzene rings is 2. The lowest BCUT2D eigenvalue weighted by Crippen LogP contribution is -2.48. The van der Waals surface area contributed by atoms with Gasteiger partial charge in [0, 0.05) is 28.0 Å². The van der Waals surface area contributed by atoms with Gasteiger partial charge >= 0.3 is 0 Å². The van der Waals surface area contributed by atoms with Gasteiger partial charge in [0.05, 0.1) is 6.54 Å². The van der Waals surface area contributed by atoms with Crippen molar-refractivity contribution in [3.8, 4) is 11.5 Å². The van der Waals surface area contributed by atoms with Gasteiger partial charge in [-0.2, -0.15) is 0 Å². The molecule has 8 heteroatoms. The van der Waals surface area contributed by atoms with Gasteiger partial charge in [-0.3, -0.25) is 9.59 Å². The first-order valence-corrected chi connectivity index (χ1v) is 14.0. The molecule has 1 aliphatic heterocycles. The highest BCUT2D eigenvalue weighted by atomic mass is 35.5. The number of amides is 2. The molecule has 0 spiro atoms. The number of carbonyl (C=O) groups is 2. The number of fused-ring (bicyclic) bond motifs is 1. The second-order valence-corrected chi connectivity index (χ2v) is 11.1. The molecule has 37 heavy (non-hydrogen) atoms. The molecule has 1 aromatic heterocycles. The van der Waals surface area contributed by atoms with Crippen molar-refractivity contribution < 1.29 is 19.1 Å². The standard InChI is InChI=1S/C29H31ClN2O4S/c1-20-13-14-37-27(20)17-31(16-21-7-12-25-26(15-21)36-19-35-25)28(33)18-32(24-5-3-2-4-6-24)29(34)22-8-10-23(30)11-9-22/h7-15,24H,2-6,16-19H2,1H3. The minimum atomic E-state index is -0.118. The van der Waals surface area contributed by atoms with Crippen LogP contribution >= 0.6 is 22.9 Å². The molecule has 1 aliphatic carbocycles. The lowest BCUT2D eigenvalue weighted by Gasteiger charge is -2.35. The Bertz CT molecular complexity index is 1250. The molecule has 6 nitrogen and oxygen atoms in total.